The zero-order chi connectivity index (χ0) is 15.5. The van der Waals surface area contributed by atoms with Crippen LogP contribution < -0.4 is 0 Å². The van der Waals surface area contributed by atoms with Crippen LogP contribution in [0.1, 0.15) is 40.0 Å². The molecule has 2 aliphatic heterocycles. The largest absolute Gasteiger partial charge is 0.465 e. The molecule has 1 aromatic rings. The van der Waals surface area contributed by atoms with Gasteiger partial charge in [0.2, 0.25) is 0 Å². The van der Waals surface area contributed by atoms with E-state index in [0.717, 1.165) is 19.3 Å². The zero-order valence-electron chi connectivity index (χ0n) is 12.0. The number of fused-ring (bicyclic) bond motifs is 1. The van der Waals surface area contributed by atoms with Gasteiger partial charge in [-0.15, -0.1) is 0 Å². The first kappa shape index (κ1) is 13.3. The van der Waals surface area contributed by atoms with Gasteiger partial charge >= 0.3 is 6.09 Å². The van der Waals surface area contributed by atoms with Crippen LogP contribution in [0.25, 0.3) is 0 Å². The maximum atomic E-state index is 12.4. The molecule has 1 aromatic carbocycles. The lowest BCUT2D eigenvalue weighted by molar-refractivity contribution is 0.0603. The number of likely N-dealkylation sites (tertiary alicyclic amines) is 1. The van der Waals surface area contributed by atoms with Gasteiger partial charge in [-0.25, -0.2) is 4.79 Å². The normalized spacial score (nSPS) is 25.0. The van der Waals surface area contributed by atoms with Crippen LogP contribution in [0.4, 0.5) is 4.79 Å². The van der Waals surface area contributed by atoms with Crippen molar-refractivity contribution < 1.29 is 19.5 Å². The van der Waals surface area contributed by atoms with Gasteiger partial charge in [0, 0.05) is 13.1 Å². The maximum absolute atomic E-state index is 12.4. The number of amides is 3. The Morgan fingerprint density at radius 2 is 1.77 bits per heavy atom. The van der Waals surface area contributed by atoms with Crippen molar-refractivity contribution in [2.45, 2.75) is 25.3 Å². The molecule has 1 N–H and O–H groups in total. The van der Waals surface area contributed by atoms with Gasteiger partial charge in [-0.3, -0.25) is 14.5 Å². The third-order valence-corrected chi connectivity index (χ3v) is 5.09. The van der Waals surface area contributed by atoms with Crippen molar-refractivity contribution >= 4 is 17.9 Å². The number of nitrogens with zero attached hydrogens (tertiary/aromatic N) is 2. The second kappa shape index (κ2) is 4.32. The highest BCUT2D eigenvalue weighted by atomic mass is 16.4. The molecule has 3 aliphatic rings. The standard InChI is InChI=1S/C16H16N2O4/c19-13-11-3-1-2-4-12(11)14(20)17(13)8-10-7-16(5-6-16)9-18(10)15(21)22/h1-4,10H,5-9H2,(H,21,22)/t10-/m0/s1. The van der Waals surface area contributed by atoms with Crippen molar-refractivity contribution in [1.29, 1.82) is 0 Å². The van der Waals surface area contributed by atoms with E-state index in [-0.39, 0.29) is 29.8 Å². The summed E-state index contributed by atoms with van der Waals surface area (Å²) in [5, 5.41) is 9.36. The average Bonchev–Trinajstić information content (AvgIpc) is 3.09. The number of carbonyl (C=O) groups excluding carboxylic acids is 2. The van der Waals surface area contributed by atoms with E-state index in [1.807, 2.05) is 0 Å². The Bertz CT molecular complexity index is 660. The fourth-order valence-electron chi connectivity index (χ4n) is 3.71. The number of imide groups is 1. The summed E-state index contributed by atoms with van der Waals surface area (Å²) in [4.78, 5) is 38.8. The Morgan fingerprint density at radius 3 is 2.27 bits per heavy atom. The lowest BCUT2D eigenvalue weighted by Crippen LogP contribution is -2.44. The molecular formula is C16H16N2O4. The number of rotatable bonds is 2. The summed E-state index contributed by atoms with van der Waals surface area (Å²) in [5.41, 5.74) is 0.920. The minimum absolute atomic E-state index is 0.0989. The van der Waals surface area contributed by atoms with Gasteiger partial charge in [0.25, 0.3) is 11.8 Å². The Hall–Kier alpha value is -2.37. The molecule has 1 saturated heterocycles. The van der Waals surface area contributed by atoms with E-state index in [0.29, 0.717) is 17.7 Å². The summed E-state index contributed by atoms with van der Waals surface area (Å²) < 4.78 is 0. The third-order valence-electron chi connectivity index (χ3n) is 5.09. The Balaban J connectivity index is 1.58. The lowest BCUT2D eigenvalue weighted by Gasteiger charge is -2.25. The van der Waals surface area contributed by atoms with E-state index >= 15 is 0 Å². The van der Waals surface area contributed by atoms with E-state index in [2.05, 4.69) is 0 Å². The topological polar surface area (TPSA) is 77.9 Å². The molecule has 0 bridgehead atoms. The molecule has 1 aliphatic carbocycles. The Labute approximate surface area is 127 Å². The molecular weight excluding hydrogens is 284 g/mol. The molecule has 4 rings (SSSR count). The van der Waals surface area contributed by atoms with Crippen molar-refractivity contribution in [3.05, 3.63) is 35.4 Å². The van der Waals surface area contributed by atoms with Crippen LogP contribution in [0.5, 0.6) is 0 Å². The predicted molar refractivity (Wildman–Crippen MR) is 76.6 cm³/mol. The number of carboxylic acid groups (broad SMARTS) is 1. The molecule has 0 unspecified atom stereocenters. The molecule has 2 fully saturated rings. The van der Waals surface area contributed by atoms with Crippen molar-refractivity contribution in [2.75, 3.05) is 13.1 Å². The summed E-state index contributed by atoms with van der Waals surface area (Å²) in [7, 11) is 0. The third kappa shape index (κ3) is 1.83. The highest BCUT2D eigenvalue weighted by Crippen LogP contribution is 2.54. The maximum Gasteiger partial charge on any atom is 0.407 e. The highest BCUT2D eigenvalue weighted by Gasteiger charge is 2.54. The molecule has 2 heterocycles. The second-order valence-corrected chi connectivity index (χ2v) is 6.53. The summed E-state index contributed by atoms with van der Waals surface area (Å²) in [6.45, 7) is 0.677. The van der Waals surface area contributed by atoms with Crippen molar-refractivity contribution in [2.24, 2.45) is 5.41 Å². The lowest BCUT2D eigenvalue weighted by atomic mass is 10.0. The number of hydrogen-bond acceptors (Lipinski definition) is 3. The molecule has 3 amide bonds. The average molecular weight is 300 g/mol. The predicted octanol–water partition coefficient (Wildman–Crippen LogP) is 1.82. The number of carbonyl (C=O) groups is 3. The van der Waals surface area contributed by atoms with Crippen LogP contribution in [-0.2, 0) is 0 Å². The van der Waals surface area contributed by atoms with Gasteiger partial charge < -0.3 is 10.0 Å². The molecule has 0 radical (unpaired) electrons. The van der Waals surface area contributed by atoms with Crippen LogP contribution in [0.15, 0.2) is 24.3 Å². The molecule has 22 heavy (non-hydrogen) atoms. The monoisotopic (exact) mass is 300 g/mol. The van der Waals surface area contributed by atoms with Gasteiger partial charge in [-0.1, -0.05) is 12.1 Å². The van der Waals surface area contributed by atoms with Crippen molar-refractivity contribution in [3.63, 3.8) is 0 Å². The van der Waals surface area contributed by atoms with Crippen LogP contribution >= 0.6 is 0 Å². The zero-order valence-corrected chi connectivity index (χ0v) is 12.0. The van der Waals surface area contributed by atoms with E-state index < -0.39 is 6.09 Å². The van der Waals surface area contributed by atoms with E-state index in [1.165, 1.54) is 9.80 Å². The first-order valence-electron chi connectivity index (χ1n) is 7.46. The van der Waals surface area contributed by atoms with Crippen molar-refractivity contribution in [1.82, 2.24) is 9.80 Å². The minimum Gasteiger partial charge on any atom is -0.465 e. The second-order valence-electron chi connectivity index (χ2n) is 6.53. The molecule has 6 heteroatoms. The molecule has 0 aromatic heterocycles. The first-order chi connectivity index (χ1) is 10.5. The molecule has 1 saturated carbocycles. The molecule has 1 atom stereocenters. The first-order valence-corrected chi connectivity index (χ1v) is 7.46. The Morgan fingerprint density at radius 1 is 1.18 bits per heavy atom. The van der Waals surface area contributed by atoms with Crippen LogP contribution in [-0.4, -0.2) is 51.9 Å². The fourth-order valence-corrected chi connectivity index (χ4v) is 3.71. The SMILES string of the molecule is O=C1c2ccccc2C(=O)N1C[C@@H]1CC2(CC2)CN1C(=O)O. The summed E-state index contributed by atoms with van der Waals surface area (Å²) >= 11 is 0. The van der Waals surface area contributed by atoms with E-state index in [1.54, 1.807) is 24.3 Å². The van der Waals surface area contributed by atoms with Crippen LogP contribution in [0.3, 0.4) is 0 Å². The number of benzene rings is 1. The van der Waals surface area contributed by atoms with Crippen LogP contribution in [0.2, 0.25) is 0 Å². The van der Waals surface area contributed by atoms with E-state index in [4.69, 9.17) is 0 Å². The molecule has 114 valence electrons. The number of hydrogen-bond donors (Lipinski definition) is 1. The van der Waals surface area contributed by atoms with E-state index in [9.17, 15) is 19.5 Å². The summed E-state index contributed by atoms with van der Waals surface area (Å²) in [6.07, 6.45) is 1.85. The van der Waals surface area contributed by atoms with Gasteiger partial charge in [-0.2, -0.15) is 0 Å². The quantitative estimate of drug-likeness (QED) is 0.845. The summed E-state index contributed by atoms with van der Waals surface area (Å²) in [6, 6.07) is 6.45. The van der Waals surface area contributed by atoms with Crippen LogP contribution in [0, 0.1) is 5.41 Å². The Kier molecular flexibility index (Phi) is 2.61. The molecule has 1 spiro atoms. The van der Waals surface area contributed by atoms with Gasteiger partial charge in [-0.05, 0) is 36.8 Å². The highest BCUT2D eigenvalue weighted by molar-refractivity contribution is 6.21. The minimum atomic E-state index is -0.967. The fraction of sp³-hybridized carbons (Fsp3) is 0.438. The van der Waals surface area contributed by atoms with Gasteiger partial charge in [0.15, 0.2) is 0 Å². The van der Waals surface area contributed by atoms with Gasteiger partial charge in [0.1, 0.15) is 0 Å². The molecule has 6 nitrogen and oxygen atoms in total. The smallest absolute Gasteiger partial charge is 0.407 e. The van der Waals surface area contributed by atoms with Crippen molar-refractivity contribution in [3.8, 4) is 0 Å². The summed E-state index contributed by atoms with van der Waals surface area (Å²) in [5.74, 6) is -0.634. The van der Waals surface area contributed by atoms with Gasteiger partial charge in [0.05, 0.1) is 17.2 Å².